The Kier molecular flexibility index (Phi) is 5.25. The standard InChI is InChI=1S/C27H25N7O2/c1-2-22(35)34-18-10-11-20(34)19(15-18)26-32-23(24-25(28)30-13-14-33(24)26)16-6-8-17(9-7-16)27(36)31-21-5-3-4-12-29-21/h2-9,12-14,18-20H,1,10-11,15H2,(H2,28,30)(H,29,31,36). The number of nitrogen functional groups attached to an aromatic ring is 1. The summed E-state index contributed by atoms with van der Waals surface area (Å²) in [6, 6.07) is 12.9. The largest absolute Gasteiger partial charge is 0.382 e. The van der Waals surface area contributed by atoms with Crippen molar-refractivity contribution in [1.82, 2.24) is 24.3 Å². The van der Waals surface area contributed by atoms with Gasteiger partial charge in [-0.05, 0) is 49.6 Å². The van der Waals surface area contributed by atoms with Crippen molar-refractivity contribution in [2.45, 2.75) is 37.3 Å². The normalized spacial score (nSPS) is 20.6. The van der Waals surface area contributed by atoms with Crippen molar-refractivity contribution >= 4 is 29.0 Å². The third-order valence-corrected chi connectivity index (χ3v) is 7.23. The molecule has 180 valence electrons. The molecule has 36 heavy (non-hydrogen) atoms. The first kappa shape index (κ1) is 22.0. The van der Waals surface area contributed by atoms with Crippen LogP contribution in [0.1, 0.15) is 41.4 Å². The molecule has 0 spiro atoms. The van der Waals surface area contributed by atoms with Gasteiger partial charge < -0.3 is 16.0 Å². The minimum atomic E-state index is -0.245. The second kappa shape index (κ2) is 8.60. The summed E-state index contributed by atoms with van der Waals surface area (Å²) in [5.41, 5.74) is 9.09. The van der Waals surface area contributed by atoms with Crippen LogP contribution in [-0.2, 0) is 4.79 Å². The van der Waals surface area contributed by atoms with Gasteiger partial charge in [-0.1, -0.05) is 24.8 Å². The maximum atomic E-state index is 12.7. The SMILES string of the molecule is C=CC(=O)N1C2CCC1C(c1nc(-c3ccc(C(=O)Nc4ccccn4)cc3)c3c(N)nccn13)C2. The predicted molar refractivity (Wildman–Crippen MR) is 136 cm³/mol. The zero-order valence-electron chi connectivity index (χ0n) is 19.5. The van der Waals surface area contributed by atoms with Crippen LogP contribution in [0.5, 0.6) is 0 Å². The molecule has 9 nitrogen and oxygen atoms in total. The molecule has 2 bridgehead atoms. The molecule has 3 aromatic heterocycles. The molecule has 9 heteroatoms. The number of imidazole rings is 1. The summed E-state index contributed by atoms with van der Waals surface area (Å²) in [6.45, 7) is 3.68. The first-order chi connectivity index (χ1) is 17.5. The minimum Gasteiger partial charge on any atom is -0.382 e. The quantitative estimate of drug-likeness (QED) is 0.422. The van der Waals surface area contributed by atoms with Crippen molar-refractivity contribution in [2.75, 3.05) is 11.1 Å². The highest BCUT2D eigenvalue weighted by molar-refractivity contribution is 6.04. The van der Waals surface area contributed by atoms with E-state index in [1.165, 1.54) is 6.08 Å². The fourth-order valence-electron chi connectivity index (χ4n) is 5.67. The number of carbonyl (C=O) groups excluding carboxylic acids is 2. The van der Waals surface area contributed by atoms with E-state index in [1.54, 1.807) is 36.7 Å². The van der Waals surface area contributed by atoms with Crippen LogP contribution in [0.4, 0.5) is 11.6 Å². The van der Waals surface area contributed by atoms with Crippen molar-refractivity contribution in [3.8, 4) is 11.3 Å². The summed E-state index contributed by atoms with van der Waals surface area (Å²) < 4.78 is 2.00. The lowest BCUT2D eigenvalue weighted by atomic mass is 9.88. The molecule has 2 fully saturated rings. The third kappa shape index (κ3) is 3.51. The number of fused-ring (bicyclic) bond motifs is 3. The first-order valence-electron chi connectivity index (χ1n) is 11.9. The zero-order valence-corrected chi connectivity index (χ0v) is 19.5. The Labute approximate surface area is 207 Å². The molecule has 5 heterocycles. The number of hydrogen-bond donors (Lipinski definition) is 2. The Morgan fingerprint density at radius 3 is 2.67 bits per heavy atom. The molecule has 4 aromatic rings. The lowest BCUT2D eigenvalue weighted by Crippen LogP contribution is -2.35. The van der Waals surface area contributed by atoms with Gasteiger partial charge in [0.2, 0.25) is 5.91 Å². The summed E-state index contributed by atoms with van der Waals surface area (Å²) in [6.07, 6.45) is 9.37. The number of nitrogens with one attached hydrogen (secondary N) is 1. The summed E-state index contributed by atoms with van der Waals surface area (Å²) >= 11 is 0. The molecular weight excluding hydrogens is 454 g/mol. The number of nitrogens with two attached hydrogens (primary N) is 1. The van der Waals surface area contributed by atoms with Crippen molar-refractivity contribution in [2.24, 2.45) is 0 Å². The Hall–Kier alpha value is -4.53. The van der Waals surface area contributed by atoms with Crippen molar-refractivity contribution < 1.29 is 9.59 Å². The molecule has 2 aliphatic heterocycles. The molecule has 1 aromatic carbocycles. The van der Waals surface area contributed by atoms with Gasteiger partial charge in [0.15, 0.2) is 0 Å². The minimum absolute atomic E-state index is 0.0215. The molecule has 3 unspecified atom stereocenters. The zero-order chi connectivity index (χ0) is 24.8. The van der Waals surface area contributed by atoms with E-state index in [-0.39, 0.29) is 29.8 Å². The van der Waals surface area contributed by atoms with E-state index in [4.69, 9.17) is 10.7 Å². The number of carbonyl (C=O) groups is 2. The highest BCUT2D eigenvalue weighted by Gasteiger charge is 2.49. The number of amides is 2. The number of hydrogen-bond acceptors (Lipinski definition) is 6. The second-order valence-electron chi connectivity index (χ2n) is 9.19. The van der Waals surface area contributed by atoms with Crippen LogP contribution >= 0.6 is 0 Å². The van der Waals surface area contributed by atoms with Crippen LogP contribution in [0.15, 0.2) is 73.7 Å². The Morgan fingerprint density at radius 1 is 1.08 bits per heavy atom. The van der Waals surface area contributed by atoms with Gasteiger partial charge in [0.25, 0.3) is 5.91 Å². The molecule has 0 saturated carbocycles. The topological polar surface area (TPSA) is 119 Å². The van der Waals surface area contributed by atoms with Crippen LogP contribution in [0.3, 0.4) is 0 Å². The third-order valence-electron chi connectivity index (χ3n) is 7.23. The maximum absolute atomic E-state index is 12.7. The Balaban J connectivity index is 1.35. The Morgan fingerprint density at radius 2 is 1.92 bits per heavy atom. The van der Waals surface area contributed by atoms with Gasteiger partial charge in [0.1, 0.15) is 28.7 Å². The highest BCUT2D eigenvalue weighted by atomic mass is 16.2. The van der Waals surface area contributed by atoms with Crippen molar-refractivity contribution in [3.05, 3.63) is 85.1 Å². The van der Waals surface area contributed by atoms with E-state index < -0.39 is 0 Å². The number of benzene rings is 1. The van der Waals surface area contributed by atoms with Gasteiger partial charge in [0.05, 0.1) is 0 Å². The van der Waals surface area contributed by atoms with Gasteiger partial charge in [-0.15, -0.1) is 0 Å². The van der Waals surface area contributed by atoms with Crippen molar-refractivity contribution in [1.29, 1.82) is 0 Å². The summed E-state index contributed by atoms with van der Waals surface area (Å²) in [5.74, 6) is 1.58. The smallest absolute Gasteiger partial charge is 0.256 e. The van der Waals surface area contributed by atoms with Crippen LogP contribution in [0.2, 0.25) is 0 Å². The second-order valence-corrected chi connectivity index (χ2v) is 9.19. The van der Waals surface area contributed by atoms with Gasteiger partial charge in [-0.2, -0.15) is 0 Å². The molecule has 2 aliphatic rings. The van der Waals surface area contributed by atoms with Gasteiger partial charge >= 0.3 is 0 Å². The molecule has 0 aliphatic carbocycles. The average Bonchev–Trinajstić information content (AvgIpc) is 3.60. The maximum Gasteiger partial charge on any atom is 0.256 e. The number of anilines is 2. The lowest BCUT2D eigenvalue weighted by molar-refractivity contribution is -0.127. The molecule has 3 N–H and O–H groups in total. The average molecular weight is 480 g/mol. The van der Waals surface area contributed by atoms with E-state index in [2.05, 4.69) is 21.9 Å². The molecule has 2 amide bonds. The van der Waals surface area contributed by atoms with E-state index in [1.807, 2.05) is 33.7 Å². The number of pyridine rings is 1. The number of rotatable bonds is 5. The molecule has 3 atom stereocenters. The van der Waals surface area contributed by atoms with E-state index in [9.17, 15) is 9.59 Å². The summed E-state index contributed by atoms with van der Waals surface area (Å²) in [5, 5.41) is 2.79. The van der Waals surface area contributed by atoms with Gasteiger partial charge in [0, 0.05) is 47.7 Å². The highest BCUT2D eigenvalue weighted by Crippen LogP contribution is 2.47. The van der Waals surface area contributed by atoms with E-state index >= 15 is 0 Å². The number of aromatic nitrogens is 4. The molecule has 6 rings (SSSR count). The number of nitrogens with zero attached hydrogens (tertiary/aromatic N) is 5. The van der Waals surface area contributed by atoms with Crippen molar-refractivity contribution in [3.63, 3.8) is 0 Å². The first-order valence-corrected chi connectivity index (χ1v) is 11.9. The molecule has 2 saturated heterocycles. The van der Waals surface area contributed by atoms with Gasteiger partial charge in [-0.3, -0.25) is 14.0 Å². The fraction of sp³-hybridized carbons (Fsp3) is 0.222. The lowest BCUT2D eigenvalue weighted by Gasteiger charge is -2.22. The summed E-state index contributed by atoms with van der Waals surface area (Å²) in [4.78, 5) is 40.6. The Bertz CT molecular complexity index is 1480. The molecule has 0 radical (unpaired) electrons. The fourth-order valence-corrected chi connectivity index (χ4v) is 5.67. The van der Waals surface area contributed by atoms with Gasteiger partial charge in [-0.25, -0.2) is 15.0 Å². The summed E-state index contributed by atoms with van der Waals surface area (Å²) in [7, 11) is 0. The van der Waals surface area contributed by atoms with E-state index in [0.717, 1.165) is 36.2 Å². The predicted octanol–water partition coefficient (Wildman–Crippen LogP) is 3.66. The molecular formula is C27H25N7O2. The van der Waals surface area contributed by atoms with Crippen LogP contribution in [-0.4, -0.2) is 48.2 Å². The van der Waals surface area contributed by atoms with Crippen LogP contribution < -0.4 is 11.1 Å². The van der Waals surface area contributed by atoms with Crippen LogP contribution in [0.25, 0.3) is 16.8 Å². The van der Waals surface area contributed by atoms with E-state index in [0.29, 0.717) is 22.9 Å². The van der Waals surface area contributed by atoms with Crippen LogP contribution in [0, 0.1) is 0 Å². The monoisotopic (exact) mass is 479 g/mol.